The van der Waals surface area contributed by atoms with E-state index in [1.807, 2.05) is 18.4 Å². The van der Waals surface area contributed by atoms with Gasteiger partial charge in [0.1, 0.15) is 0 Å². The lowest BCUT2D eigenvalue weighted by Crippen LogP contribution is -2.33. The van der Waals surface area contributed by atoms with E-state index in [0.717, 1.165) is 22.9 Å². The Balaban J connectivity index is 1.92. The van der Waals surface area contributed by atoms with Crippen LogP contribution < -0.4 is 5.32 Å². The predicted molar refractivity (Wildman–Crippen MR) is 76.4 cm³/mol. The molecule has 0 aliphatic carbocycles. The maximum Gasteiger partial charge on any atom is 0.328 e. The van der Waals surface area contributed by atoms with Gasteiger partial charge in [0, 0.05) is 17.6 Å². The SMILES string of the molecule is CC1OCCC1C(=O)NCc1sccc1/C=C/C(=O)O. The molecule has 2 N–H and O–H groups in total. The summed E-state index contributed by atoms with van der Waals surface area (Å²) in [5.74, 6) is -1.08. The summed E-state index contributed by atoms with van der Waals surface area (Å²) in [5.41, 5.74) is 0.827. The fourth-order valence-corrected chi connectivity index (χ4v) is 2.98. The van der Waals surface area contributed by atoms with Crippen molar-refractivity contribution in [2.45, 2.75) is 26.0 Å². The summed E-state index contributed by atoms with van der Waals surface area (Å²) in [6.45, 7) is 2.95. The first-order valence-corrected chi connectivity index (χ1v) is 7.32. The van der Waals surface area contributed by atoms with Crippen LogP contribution in [0.15, 0.2) is 17.5 Å². The van der Waals surface area contributed by atoms with E-state index >= 15 is 0 Å². The van der Waals surface area contributed by atoms with Crippen molar-refractivity contribution >= 4 is 29.3 Å². The predicted octanol–water partition coefficient (Wildman–Crippen LogP) is 1.89. The number of amides is 1. The van der Waals surface area contributed by atoms with E-state index in [4.69, 9.17) is 9.84 Å². The molecule has 20 heavy (non-hydrogen) atoms. The highest BCUT2D eigenvalue weighted by molar-refractivity contribution is 7.10. The van der Waals surface area contributed by atoms with Crippen LogP contribution in [0.1, 0.15) is 23.8 Å². The highest BCUT2D eigenvalue weighted by atomic mass is 32.1. The smallest absolute Gasteiger partial charge is 0.328 e. The molecule has 5 nitrogen and oxygen atoms in total. The van der Waals surface area contributed by atoms with Gasteiger partial charge < -0.3 is 15.2 Å². The van der Waals surface area contributed by atoms with Gasteiger partial charge >= 0.3 is 5.97 Å². The fourth-order valence-electron chi connectivity index (χ4n) is 2.18. The topological polar surface area (TPSA) is 75.6 Å². The Morgan fingerprint density at radius 3 is 3.05 bits per heavy atom. The summed E-state index contributed by atoms with van der Waals surface area (Å²) in [4.78, 5) is 23.5. The molecule has 0 saturated carbocycles. The van der Waals surface area contributed by atoms with Gasteiger partial charge in [-0.05, 0) is 36.4 Å². The summed E-state index contributed by atoms with van der Waals surface area (Å²) in [5, 5.41) is 13.4. The molecule has 2 unspecified atom stereocenters. The van der Waals surface area contributed by atoms with E-state index in [1.165, 1.54) is 11.3 Å². The van der Waals surface area contributed by atoms with Crippen LogP contribution >= 0.6 is 11.3 Å². The lowest BCUT2D eigenvalue weighted by atomic mass is 10.0. The van der Waals surface area contributed by atoms with Gasteiger partial charge in [0.15, 0.2) is 0 Å². The zero-order valence-electron chi connectivity index (χ0n) is 11.2. The van der Waals surface area contributed by atoms with Gasteiger partial charge in [-0.1, -0.05) is 0 Å². The van der Waals surface area contributed by atoms with Crippen molar-refractivity contribution in [3.63, 3.8) is 0 Å². The molecular weight excluding hydrogens is 278 g/mol. The second-order valence-electron chi connectivity index (χ2n) is 4.66. The molecule has 1 aromatic heterocycles. The third kappa shape index (κ3) is 3.68. The Hall–Kier alpha value is -1.66. The van der Waals surface area contributed by atoms with Crippen LogP contribution in [0.3, 0.4) is 0 Å². The number of hydrogen-bond donors (Lipinski definition) is 2. The maximum absolute atomic E-state index is 12.0. The largest absolute Gasteiger partial charge is 0.478 e. The average Bonchev–Trinajstić information content (AvgIpc) is 3.02. The number of ether oxygens (including phenoxy) is 1. The summed E-state index contributed by atoms with van der Waals surface area (Å²) in [7, 11) is 0. The van der Waals surface area contributed by atoms with Gasteiger partial charge in [-0.2, -0.15) is 0 Å². The highest BCUT2D eigenvalue weighted by Crippen LogP contribution is 2.22. The lowest BCUT2D eigenvalue weighted by Gasteiger charge is -2.13. The molecule has 1 fully saturated rings. The van der Waals surface area contributed by atoms with Crippen LogP contribution in [-0.2, 0) is 20.9 Å². The van der Waals surface area contributed by atoms with Gasteiger partial charge in [-0.3, -0.25) is 4.79 Å². The first-order valence-electron chi connectivity index (χ1n) is 6.44. The third-order valence-electron chi connectivity index (χ3n) is 3.32. The normalized spacial score (nSPS) is 22.2. The molecule has 0 aromatic carbocycles. The summed E-state index contributed by atoms with van der Waals surface area (Å²) in [6.07, 6.45) is 3.36. The van der Waals surface area contributed by atoms with Crippen molar-refractivity contribution in [2.24, 2.45) is 5.92 Å². The minimum atomic E-state index is -0.983. The van der Waals surface area contributed by atoms with Crippen molar-refractivity contribution in [1.82, 2.24) is 5.32 Å². The number of nitrogens with one attached hydrogen (secondary N) is 1. The Kier molecular flexibility index (Phi) is 4.92. The Labute approximate surface area is 121 Å². The Morgan fingerprint density at radius 2 is 2.40 bits per heavy atom. The van der Waals surface area contributed by atoms with Gasteiger partial charge in [0.05, 0.1) is 18.6 Å². The monoisotopic (exact) mass is 295 g/mol. The van der Waals surface area contributed by atoms with Crippen LogP contribution in [-0.4, -0.2) is 29.7 Å². The molecule has 1 aromatic rings. The molecule has 0 bridgehead atoms. The lowest BCUT2D eigenvalue weighted by molar-refractivity contribution is -0.131. The van der Waals surface area contributed by atoms with Gasteiger partial charge in [0.25, 0.3) is 0 Å². The molecule has 1 saturated heterocycles. The number of carbonyl (C=O) groups excluding carboxylic acids is 1. The van der Waals surface area contributed by atoms with E-state index in [0.29, 0.717) is 13.2 Å². The van der Waals surface area contributed by atoms with Gasteiger partial charge in [-0.25, -0.2) is 4.79 Å². The van der Waals surface area contributed by atoms with Crippen molar-refractivity contribution < 1.29 is 19.4 Å². The standard InChI is InChI=1S/C14H17NO4S/c1-9-11(4-6-19-9)14(18)15-8-12-10(5-7-20-12)2-3-13(16)17/h2-3,5,7,9,11H,4,6,8H2,1H3,(H,15,18)(H,16,17)/b3-2+. The van der Waals surface area contributed by atoms with E-state index in [-0.39, 0.29) is 17.9 Å². The minimum Gasteiger partial charge on any atom is -0.478 e. The molecular formula is C14H17NO4S. The van der Waals surface area contributed by atoms with Crippen molar-refractivity contribution in [2.75, 3.05) is 6.61 Å². The van der Waals surface area contributed by atoms with Crippen LogP contribution in [0.4, 0.5) is 0 Å². The Morgan fingerprint density at radius 1 is 1.60 bits per heavy atom. The average molecular weight is 295 g/mol. The third-order valence-corrected chi connectivity index (χ3v) is 4.26. The minimum absolute atomic E-state index is 0.00318. The van der Waals surface area contributed by atoms with E-state index in [9.17, 15) is 9.59 Å². The van der Waals surface area contributed by atoms with Crippen molar-refractivity contribution in [3.05, 3.63) is 28.0 Å². The summed E-state index contributed by atoms with van der Waals surface area (Å²) in [6, 6.07) is 1.84. The highest BCUT2D eigenvalue weighted by Gasteiger charge is 2.30. The quantitative estimate of drug-likeness (QED) is 0.813. The maximum atomic E-state index is 12.0. The molecule has 0 spiro atoms. The number of aliphatic carboxylic acids is 1. The van der Waals surface area contributed by atoms with Crippen LogP contribution in [0.2, 0.25) is 0 Å². The molecule has 2 heterocycles. The molecule has 1 aliphatic heterocycles. The first-order chi connectivity index (χ1) is 9.58. The van der Waals surface area contributed by atoms with E-state index in [1.54, 1.807) is 6.08 Å². The van der Waals surface area contributed by atoms with Crippen molar-refractivity contribution in [3.8, 4) is 0 Å². The second-order valence-corrected chi connectivity index (χ2v) is 5.66. The molecule has 2 rings (SSSR count). The summed E-state index contributed by atoms with van der Waals surface area (Å²) >= 11 is 1.50. The number of rotatable bonds is 5. The zero-order chi connectivity index (χ0) is 14.5. The van der Waals surface area contributed by atoms with E-state index < -0.39 is 5.97 Å². The molecule has 1 aliphatic rings. The molecule has 1 amide bonds. The molecule has 2 atom stereocenters. The second kappa shape index (κ2) is 6.67. The number of thiophene rings is 1. The Bertz CT molecular complexity index is 523. The van der Waals surface area contributed by atoms with Crippen LogP contribution in [0, 0.1) is 5.92 Å². The molecule has 0 radical (unpaired) electrons. The number of carboxylic acid groups (broad SMARTS) is 1. The number of hydrogen-bond acceptors (Lipinski definition) is 4. The molecule has 108 valence electrons. The zero-order valence-corrected chi connectivity index (χ0v) is 12.0. The van der Waals surface area contributed by atoms with E-state index in [2.05, 4.69) is 5.32 Å². The summed E-state index contributed by atoms with van der Waals surface area (Å²) < 4.78 is 5.38. The fraction of sp³-hybridized carbons (Fsp3) is 0.429. The number of carboxylic acids is 1. The van der Waals surface area contributed by atoms with Gasteiger partial charge in [-0.15, -0.1) is 11.3 Å². The van der Waals surface area contributed by atoms with Crippen LogP contribution in [0.25, 0.3) is 6.08 Å². The first kappa shape index (κ1) is 14.7. The van der Waals surface area contributed by atoms with Gasteiger partial charge in [0.2, 0.25) is 5.91 Å². The van der Waals surface area contributed by atoms with Crippen LogP contribution in [0.5, 0.6) is 0 Å². The van der Waals surface area contributed by atoms with Crippen molar-refractivity contribution in [1.29, 1.82) is 0 Å². The number of carbonyl (C=O) groups is 2. The molecule has 6 heteroatoms.